The smallest absolute Gasteiger partial charge is 0.253 e. The fourth-order valence-corrected chi connectivity index (χ4v) is 3.71. The normalized spacial score (nSPS) is 14.5. The number of rotatable bonds is 7. The molecule has 0 amide bonds. The minimum absolute atomic E-state index is 0.168. The van der Waals surface area contributed by atoms with Gasteiger partial charge in [-0.2, -0.15) is 0 Å². The van der Waals surface area contributed by atoms with Gasteiger partial charge in [0.05, 0.1) is 29.4 Å². The fourth-order valence-electron chi connectivity index (χ4n) is 3.48. The van der Waals surface area contributed by atoms with Crippen molar-refractivity contribution in [1.82, 2.24) is 15.1 Å². The van der Waals surface area contributed by atoms with Crippen molar-refractivity contribution in [2.45, 2.75) is 25.8 Å². The highest BCUT2D eigenvalue weighted by Gasteiger charge is 2.22. The van der Waals surface area contributed by atoms with Crippen LogP contribution in [0.25, 0.3) is 22.0 Å². The van der Waals surface area contributed by atoms with E-state index in [1.165, 1.54) is 12.8 Å². The van der Waals surface area contributed by atoms with Crippen LogP contribution in [-0.4, -0.2) is 21.7 Å². The largest absolute Gasteiger partial charge is 0.492 e. The van der Waals surface area contributed by atoms with E-state index in [4.69, 9.17) is 20.9 Å². The predicted molar refractivity (Wildman–Crippen MR) is 120 cm³/mol. The molecule has 0 aliphatic heterocycles. The molecule has 0 unspecified atom stereocenters. The molecule has 4 aromatic rings. The Hall–Kier alpha value is -3.32. The van der Waals surface area contributed by atoms with Gasteiger partial charge in [0.15, 0.2) is 0 Å². The standard InChI is InChI=1S/C23H21ClN4O3/c1-13(27-22-8-15(4-5-25-22)17-10-26-31-12-17)18-6-16-7-19(24)21(30-11-14-2-3-14)9-20(16)28-23(18)29/h4-10,12-14H,2-3,11H2,1H3,(H,25,27)(H,28,29)/t13-/m0/s1. The molecule has 31 heavy (non-hydrogen) atoms. The summed E-state index contributed by atoms with van der Waals surface area (Å²) in [6, 6.07) is 8.97. The monoisotopic (exact) mass is 436 g/mol. The number of ether oxygens (including phenoxy) is 1. The van der Waals surface area contributed by atoms with E-state index in [9.17, 15) is 4.79 Å². The van der Waals surface area contributed by atoms with Crippen molar-refractivity contribution < 1.29 is 9.26 Å². The van der Waals surface area contributed by atoms with E-state index in [-0.39, 0.29) is 11.6 Å². The SMILES string of the molecule is C[C@H](Nc1cc(-c2cnoc2)ccn1)c1cc2cc(Cl)c(OCC3CC3)cc2[nH]c1=O. The van der Waals surface area contributed by atoms with Gasteiger partial charge in [-0.25, -0.2) is 4.98 Å². The van der Waals surface area contributed by atoms with Gasteiger partial charge >= 0.3 is 0 Å². The van der Waals surface area contributed by atoms with Crippen LogP contribution in [0.1, 0.15) is 31.4 Å². The number of anilines is 1. The van der Waals surface area contributed by atoms with Crippen LogP contribution >= 0.6 is 11.6 Å². The molecule has 7 nitrogen and oxygen atoms in total. The van der Waals surface area contributed by atoms with Crippen LogP contribution in [-0.2, 0) is 0 Å². The Morgan fingerprint density at radius 1 is 1.29 bits per heavy atom. The van der Waals surface area contributed by atoms with Crippen LogP contribution in [0, 0.1) is 5.92 Å². The lowest BCUT2D eigenvalue weighted by atomic mass is 10.1. The first-order chi connectivity index (χ1) is 15.1. The van der Waals surface area contributed by atoms with Gasteiger partial charge in [0.1, 0.15) is 17.8 Å². The molecular formula is C23H21ClN4O3. The van der Waals surface area contributed by atoms with Gasteiger partial charge < -0.3 is 19.6 Å². The van der Waals surface area contributed by atoms with E-state index in [1.807, 2.05) is 31.2 Å². The molecule has 1 saturated carbocycles. The fraction of sp³-hybridized carbons (Fsp3) is 0.261. The minimum atomic E-state index is -0.275. The van der Waals surface area contributed by atoms with Gasteiger partial charge in [-0.1, -0.05) is 16.8 Å². The van der Waals surface area contributed by atoms with Gasteiger partial charge in [-0.05, 0) is 55.5 Å². The van der Waals surface area contributed by atoms with E-state index in [1.54, 1.807) is 24.7 Å². The third kappa shape index (κ3) is 4.27. The van der Waals surface area contributed by atoms with Crippen LogP contribution in [0.2, 0.25) is 5.02 Å². The summed E-state index contributed by atoms with van der Waals surface area (Å²) in [6.07, 6.45) is 7.32. The summed E-state index contributed by atoms with van der Waals surface area (Å²) in [6.45, 7) is 2.58. The maximum absolute atomic E-state index is 12.8. The minimum Gasteiger partial charge on any atom is -0.492 e. The third-order valence-electron chi connectivity index (χ3n) is 5.45. The number of benzene rings is 1. The van der Waals surface area contributed by atoms with Crippen molar-refractivity contribution in [2.24, 2.45) is 5.92 Å². The summed E-state index contributed by atoms with van der Waals surface area (Å²) in [7, 11) is 0. The quantitative estimate of drug-likeness (QED) is 0.414. The van der Waals surface area contributed by atoms with E-state index in [2.05, 4.69) is 20.4 Å². The first-order valence-corrected chi connectivity index (χ1v) is 10.6. The first-order valence-electron chi connectivity index (χ1n) is 10.2. The van der Waals surface area contributed by atoms with Crippen LogP contribution in [0.15, 0.2) is 58.3 Å². The Labute approximate surface area is 183 Å². The van der Waals surface area contributed by atoms with Crippen LogP contribution in [0.5, 0.6) is 5.75 Å². The second-order valence-corrected chi connectivity index (χ2v) is 8.29. The number of pyridine rings is 2. The average Bonchev–Trinajstić information content (AvgIpc) is 3.42. The third-order valence-corrected chi connectivity index (χ3v) is 5.75. The molecule has 1 atom stereocenters. The Morgan fingerprint density at radius 2 is 2.16 bits per heavy atom. The van der Waals surface area contributed by atoms with Gasteiger partial charge in [-0.15, -0.1) is 0 Å². The van der Waals surface area contributed by atoms with Crippen molar-refractivity contribution in [2.75, 3.05) is 11.9 Å². The molecule has 1 aliphatic rings. The zero-order valence-electron chi connectivity index (χ0n) is 16.9. The predicted octanol–water partition coefficient (Wildman–Crippen LogP) is 5.19. The Kier molecular flexibility index (Phi) is 5.11. The summed E-state index contributed by atoms with van der Waals surface area (Å²) in [5.41, 5.74) is 2.90. The maximum atomic E-state index is 12.8. The molecular weight excluding hydrogens is 416 g/mol. The molecule has 5 rings (SSSR count). The number of halogens is 1. The molecule has 0 radical (unpaired) electrons. The van der Waals surface area contributed by atoms with Crippen molar-refractivity contribution in [3.63, 3.8) is 0 Å². The van der Waals surface area contributed by atoms with Gasteiger partial charge in [-0.3, -0.25) is 4.79 Å². The molecule has 0 spiro atoms. The molecule has 158 valence electrons. The van der Waals surface area contributed by atoms with E-state index in [0.29, 0.717) is 40.2 Å². The lowest BCUT2D eigenvalue weighted by molar-refractivity contribution is 0.300. The zero-order valence-corrected chi connectivity index (χ0v) is 17.6. The van der Waals surface area contributed by atoms with Crippen LogP contribution in [0.3, 0.4) is 0 Å². The highest BCUT2D eigenvalue weighted by molar-refractivity contribution is 6.32. The number of aromatic amines is 1. The van der Waals surface area contributed by atoms with Gasteiger partial charge in [0, 0.05) is 28.8 Å². The van der Waals surface area contributed by atoms with Crippen molar-refractivity contribution >= 4 is 28.3 Å². The van der Waals surface area contributed by atoms with Gasteiger partial charge in [0.25, 0.3) is 5.56 Å². The number of aromatic nitrogens is 3. The number of H-pyrrole nitrogens is 1. The molecule has 3 heterocycles. The number of fused-ring (bicyclic) bond motifs is 1. The molecule has 2 N–H and O–H groups in total. The molecule has 8 heteroatoms. The van der Waals surface area contributed by atoms with Crippen molar-refractivity contribution in [3.05, 3.63) is 69.9 Å². The average molecular weight is 437 g/mol. The summed E-state index contributed by atoms with van der Waals surface area (Å²) < 4.78 is 10.7. The Morgan fingerprint density at radius 3 is 2.94 bits per heavy atom. The number of nitrogens with one attached hydrogen (secondary N) is 2. The van der Waals surface area contributed by atoms with Gasteiger partial charge in [0.2, 0.25) is 0 Å². The zero-order chi connectivity index (χ0) is 21.4. The van der Waals surface area contributed by atoms with E-state index in [0.717, 1.165) is 16.5 Å². The second-order valence-electron chi connectivity index (χ2n) is 7.89. The molecule has 0 bridgehead atoms. The first kappa shape index (κ1) is 19.6. The summed E-state index contributed by atoms with van der Waals surface area (Å²) in [5, 5.41) is 8.41. The van der Waals surface area contributed by atoms with Crippen LogP contribution in [0.4, 0.5) is 5.82 Å². The number of hydrogen-bond donors (Lipinski definition) is 2. The molecule has 1 fully saturated rings. The summed E-state index contributed by atoms with van der Waals surface area (Å²) in [4.78, 5) is 20.1. The van der Waals surface area contributed by atoms with Crippen LogP contribution < -0.4 is 15.6 Å². The van der Waals surface area contributed by atoms with E-state index < -0.39 is 0 Å². The second kappa shape index (κ2) is 8.07. The summed E-state index contributed by atoms with van der Waals surface area (Å²) in [5.74, 6) is 1.87. The maximum Gasteiger partial charge on any atom is 0.253 e. The van der Waals surface area contributed by atoms with Crippen molar-refractivity contribution in [1.29, 1.82) is 0 Å². The highest BCUT2D eigenvalue weighted by Crippen LogP contribution is 2.34. The molecule has 1 aliphatic carbocycles. The molecule has 1 aromatic carbocycles. The van der Waals surface area contributed by atoms with Crippen molar-refractivity contribution in [3.8, 4) is 16.9 Å². The molecule has 0 saturated heterocycles. The lowest BCUT2D eigenvalue weighted by Gasteiger charge is -2.16. The number of nitrogens with zero attached hydrogens (tertiary/aromatic N) is 2. The lowest BCUT2D eigenvalue weighted by Crippen LogP contribution is -2.19. The highest BCUT2D eigenvalue weighted by atomic mass is 35.5. The Balaban J connectivity index is 1.40. The molecule has 3 aromatic heterocycles. The van der Waals surface area contributed by atoms with E-state index >= 15 is 0 Å². The Bertz CT molecular complexity index is 1280. The topological polar surface area (TPSA) is 93.0 Å². The number of hydrogen-bond acceptors (Lipinski definition) is 6. The summed E-state index contributed by atoms with van der Waals surface area (Å²) >= 11 is 6.42.